The lowest BCUT2D eigenvalue weighted by Gasteiger charge is -2.17. The molecule has 0 aliphatic rings. The van der Waals surface area contributed by atoms with Crippen LogP contribution >= 0.6 is 11.3 Å². The number of nitrogens with one attached hydrogen (secondary N) is 1. The van der Waals surface area contributed by atoms with Crippen LogP contribution in [0.3, 0.4) is 0 Å². The molecule has 0 spiro atoms. The molecule has 1 N–H and O–H groups in total. The first-order chi connectivity index (χ1) is 14.1. The van der Waals surface area contributed by atoms with Crippen molar-refractivity contribution in [3.05, 3.63) is 35.5 Å². The smallest absolute Gasteiger partial charge is 0.226 e. The van der Waals surface area contributed by atoms with Crippen molar-refractivity contribution in [3.63, 3.8) is 0 Å². The zero-order valence-corrected chi connectivity index (χ0v) is 18.2. The van der Waals surface area contributed by atoms with Gasteiger partial charge in [0.25, 0.3) is 0 Å². The quantitative estimate of drug-likeness (QED) is 0.550. The molecule has 2 aromatic heterocycles. The number of hydrogen-bond acceptors (Lipinski definition) is 6. The minimum atomic E-state index is 0.0195. The number of carbonyl (C=O) groups excluding carboxylic acids is 1. The molecule has 0 aliphatic heterocycles. The summed E-state index contributed by atoms with van der Waals surface area (Å²) in [6, 6.07) is 5.63. The van der Waals surface area contributed by atoms with E-state index in [1.165, 1.54) is 11.3 Å². The first-order valence-corrected chi connectivity index (χ1v) is 10.6. The van der Waals surface area contributed by atoms with Gasteiger partial charge in [-0.2, -0.15) is 0 Å². The van der Waals surface area contributed by atoms with Crippen molar-refractivity contribution < 1.29 is 14.3 Å². The van der Waals surface area contributed by atoms with Gasteiger partial charge in [0, 0.05) is 35.9 Å². The summed E-state index contributed by atoms with van der Waals surface area (Å²) in [4.78, 5) is 20.2. The number of likely N-dealkylation sites (N-methyl/N-ethyl adjacent to an activating group) is 1. The summed E-state index contributed by atoms with van der Waals surface area (Å²) < 4.78 is 12.8. The Labute approximate surface area is 175 Å². The second kappa shape index (κ2) is 9.76. The number of methoxy groups -OCH3 is 2. The van der Waals surface area contributed by atoms with Gasteiger partial charge in [-0.05, 0) is 31.3 Å². The Morgan fingerprint density at radius 2 is 2.03 bits per heavy atom. The van der Waals surface area contributed by atoms with Gasteiger partial charge in [0.1, 0.15) is 11.5 Å². The molecule has 1 amide bonds. The third-order valence-electron chi connectivity index (χ3n) is 4.95. The molecule has 1 aromatic carbocycles. The highest BCUT2D eigenvalue weighted by Crippen LogP contribution is 2.34. The highest BCUT2D eigenvalue weighted by Gasteiger charge is 2.15. The number of ether oxygens (including phenoxy) is 2. The van der Waals surface area contributed by atoms with E-state index < -0.39 is 0 Å². The largest absolute Gasteiger partial charge is 0.497 e. The average molecular weight is 417 g/mol. The number of benzene rings is 1. The molecule has 0 radical (unpaired) electrons. The van der Waals surface area contributed by atoms with Gasteiger partial charge in [0.15, 0.2) is 4.96 Å². The molecule has 8 heteroatoms. The van der Waals surface area contributed by atoms with Crippen molar-refractivity contribution in [2.24, 2.45) is 0 Å². The summed E-state index contributed by atoms with van der Waals surface area (Å²) in [5.41, 5.74) is 2.57. The molecule has 2 heterocycles. The van der Waals surface area contributed by atoms with E-state index in [9.17, 15) is 4.79 Å². The minimum absolute atomic E-state index is 0.0195. The number of nitrogens with zero attached hydrogens (tertiary/aromatic N) is 3. The van der Waals surface area contributed by atoms with Crippen LogP contribution in [0.4, 0.5) is 0 Å². The number of thiazole rings is 1. The van der Waals surface area contributed by atoms with E-state index in [0.29, 0.717) is 13.0 Å². The normalized spacial score (nSPS) is 11.2. The lowest BCUT2D eigenvalue weighted by molar-refractivity contribution is -0.120. The van der Waals surface area contributed by atoms with E-state index in [2.05, 4.69) is 24.1 Å². The number of aromatic nitrogens is 2. The summed E-state index contributed by atoms with van der Waals surface area (Å²) in [7, 11) is 3.27. The standard InChI is InChI=1S/C21H28N4O3S/c1-5-24(6-2)10-9-22-20(26)11-15-14-29-21-23-18(13-25(15)21)17-12-16(27-3)7-8-19(17)28-4/h7-8,12-14H,5-6,9-11H2,1-4H3,(H,22,26). The topological polar surface area (TPSA) is 68.1 Å². The SMILES string of the molecule is CCN(CC)CCNC(=O)Cc1csc2nc(-c3cc(OC)ccc3OC)cn12. The van der Waals surface area contributed by atoms with Gasteiger partial charge in [0.2, 0.25) is 5.91 Å². The second-order valence-corrected chi connectivity index (χ2v) is 7.46. The molecule has 0 saturated heterocycles. The highest BCUT2D eigenvalue weighted by atomic mass is 32.1. The number of hydrogen-bond donors (Lipinski definition) is 1. The minimum Gasteiger partial charge on any atom is -0.497 e. The lowest BCUT2D eigenvalue weighted by Crippen LogP contribution is -2.35. The maximum absolute atomic E-state index is 12.4. The number of fused-ring (bicyclic) bond motifs is 1. The second-order valence-electron chi connectivity index (χ2n) is 6.63. The zero-order chi connectivity index (χ0) is 20.8. The van der Waals surface area contributed by atoms with Crippen LogP contribution in [0, 0.1) is 0 Å². The molecule has 156 valence electrons. The number of imidazole rings is 1. The van der Waals surface area contributed by atoms with E-state index in [1.807, 2.05) is 34.2 Å². The molecule has 0 bridgehead atoms. The maximum atomic E-state index is 12.4. The predicted molar refractivity (Wildman–Crippen MR) is 116 cm³/mol. The molecule has 3 aromatic rings. The average Bonchev–Trinajstić information content (AvgIpc) is 3.32. The molecular weight excluding hydrogens is 388 g/mol. The fraction of sp³-hybridized carbons (Fsp3) is 0.429. The number of rotatable bonds is 10. The van der Waals surface area contributed by atoms with Crippen molar-refractivity contribution in [2.75, 3.05) is 40.4 Å². The fourth-order valence-corrected chi connectivity index (χ4v) is 4.09. The van der Waals surface area contributed by atoms with Gasteiger partial charge in [-0.15, -0.1) is 11.3 Å². The summed E-state index contributed by atoms with van der Waals surface area (Å²) in [5, 5.41) is 5.00. The van der Waals surface area contributed by atoms with Gasteiger partial charge in [-0.3, -0.25) is 9.20 Å². The molecule has 7 nitrogen and oxygen atoms in total. The highest BCUT2D eigenvalue weighted by molar-refractivity contribution is 7.15. The van der Waals surface area contributed by atoms with Crippen LogP contribution in [-0.2, 0) is 11.2 Å². The van der Waals surface area contributed by atoms with Gasteiger partial charge in [0.05, 0.1) is 26.3 Å². The first-order valence-electron chi connectivity index (χ1n) is 9.76. The maximum Gasteiger partial charge on any atom is 0.226 e. The van der Waals surface area contributed by atoms with E-state index >= 15 is 0 Å². The third-order valence-corrected chi connectivity index (χ3v) is 5.84. The van der Waals surface area contributed by atoms with E-state index in [4.69, 9.17) is 14.5 Å². The van der Waals surface area contributed by atoms with Crippen LogP contribution in [0.5, 0.6) is 11.5 Å². The molecule has 29 heavy (non-hydrogen) atoms. The summed E-state index contributed by atoms with van der Waals surface area (Å²) in [6.07, 6.45) is 2.27. The molecule has 0 saturated carbocycles. The Hall–Kier alpha value is -2.58. The number of carbonyl (C=O) groups is 1. The van der Waals surface area contributed by atoms with Crippen molar-refractivity contribution in [1.82, 2.24) is 19.6 Å². The van der Waals surface area contributed by atoms with E-state index in [1.54, 1.807) is 14.2 Å². The molecular formula is C21H28N4O3S. The molecule has 0 fully saturated rings. The lowest BCUT2D eigenvalue weighted by atomic mass is 10.1. The van der Waals surface area contributed by atoms with Crippen LogP contribution in [0.1, 0.15) is 19.5 Å². The van der Waals surface area contributed by atoms with Gasteiger partial charge < -0.3 is 19.7 Å². The van der Waals surface area contributed by atoms with Gasteiger partial charge in [-0.1, -0.05) is 13.8 Å². The first kappa shape index (κ1) is 21.1. The monoisotopic (exact) mass is 416 g/mol. The van der Waals surface area contributed by atoms with Crippen molar-refractivity contribution in [2.45, 2.75) is 20.3 Å². The van der Waals surface area contributed by atoms with Crippen LogP contribution in [0.25, 0.3) is 16.2 Å². The molecule has 0 unspecified atom stereocenters. The molecule has 3 rings (SSSR count). The Bertz CT molecular complexity index is 962. The summed E-state index contributed by atoms with van der Waals surface area (Å²) in [6.45, 7) is 7.75. The zero-order valence-electron chi connectivity index (χ0n) is 17.4. The van der Waals surface area contributed by atoms with Crippen LogP contribution < -0.4 is 14.8 Å². The predicted octanol–water partition coefficient (Wildman–Crippen LogP) is 3.08. The summed E-state index contributed by atoms with van der Waals surface area (Å²) in [5.74, 6) is 1.49. The number of amides is 1. The molecule has 0 atom stereocenters. The van der Waals surface area contributed by atoms with E-state index in [-0.39, 0.29) is 5.91 Å². The fourth-order valence-electron chi connectivity index (χ4n) is 3.22. The van der Waals surface area contributed by atoms with Gasteiger partial charge >= 0.3 is 0 Å². The summed E-state index contributed by atoms with van der Waals surface area (Å²) >= 11 is 1.52. The van der Waals surface area contributed by atoms with Gasteiger partial charge in [-0.25, -0.2) is 4.98 Å². The third kappa shape index (κ3) is 4.89. The Balaban J connectivity index is 1.74. The van der Waals surface area contributed by atoms with Crippen molar-refractivity contribution in [1.29, 1.82) is 0 Å². The van der Waals surface area contributed by atoms with Crippen molar-refractivity contribution >= 4 is 22.2 Å². The Morgan fingerprint density at radius 1 is 1.24 bits per heavy atom. The van der Waals surface area contributed by atoms with Crippen LogP contribution in [-0.4, -0.2) is 60.6 Å². The van der Waals surface area contributed by atoms with E-state index in [0.717, 1.165) is 53.0 Å². The molecule has 0 aliphatic carbocycles. The van der Waals surface area contributed by atoms with Crippen molar-refractivity contribution in [3.8, 4) is 22.8 Å². The van der Waals surface area contributed by atoms with Crippen LogP contribution in [0.15, 0.2) is 29.8 Å². The Morgan fingerprint density at radius 3 is 2.72 bits per heavy atom. The van der Waals surface area contributed by atoms with Crippen LogP contribution in [0.2, 0.25) is 0 Å². The Kier molecular flexibility index (Phi) is 7.11.